The first-order valence-corrected chi connectivity index (χ1v) is 10.3. The number of furan rings is 1. The summed E-state index contributed by atoms with van der Waals surface area (Å²) >= 11 is 0. The maximum atomic E-state index is 5.35. The van der Waals surface area contributed by atoms with E-state index in [-0.39, 0.29) is 24.0 Å². The van der Waals surface area contributed by atoms with Crippen LogP contribution >= 0.6 is 24.0 Å². The lowest BCUT2D eigenvalue weighted by Gasteiger charge is -2.34. The standard InChI is InChI=1S/C22H33N5O.HI/c1-3-26-12-14-27(15-13-26)18-20-8-6-19(7-9-20)17-25-22(23-2)24-11-10-21-5-4-16-28-21;/h4-9,16H,3,10-15,17-18H2,1-2H3,(H2,23,24,25);1H. The highest BCUT2D eigenvalue weighted by atomic mass is 127. The maximum absolute atomic E-state index is 5.35. The Hall–Kier alpha value is -1.58. The molecule has 0 atom stereocenters. The minimum Gasteiger partial charge on any atom is -0.469 e. The monoisotopic (exact) mass is 511 g/mol. The maximum Gasteiger partial charge on any atom is 0.191 e. The van der Waals surface area contributed by atoms with Crippen molar-refractivity contribution >= 4 is 29.9 Å². The molecule has 160 valence electrons. The van der Waals surface area contributed by atoms with Crippen LogP contribution in [0.25, 0.3) is 0 Å². The van der Waals surface area contributed by atoms with Gasteiger partial charge in [-0.2, -0.15) is 0 Å². The van der Waals surface area contributed by atoms with Crippen LogP contribution < -0.4 is 10.6 Å². The third kappa shape index (κ3) is 7.98. The summed E-state index contributed by atoms with van der Waals surface area (Å²) in [6.45, 7) is 10.7. The molecule has 0 amide bonds. The highest BCUT2D eigenvalue weighted by Gasteiger charge is 2.15. The summed E-state index contributed by atoms with van der Waals surface area (Å²) in [6.07, 6.45) is 2.55. The van der Waals surface area contributed by atoms with E-state index in [0.717, 1.165) is 57.4 Å². The van der Waals surface area contributed by atoms with Gasteiger partial charge < -0.3 is 20.0 Å². The number of piperazine rings is 1. The lowest BCUT2D eigenvalue weighted by molar-refractivity contribution is 0.132. The highest BCUT2D eigenvalue weighted by molar-refractivity contribution is 14.0. The van der Waals surface area contributed by atoms with Crippen molar-refractivity contribution in [3.63, 3.8) is 0 Å². The third-order valence-electron chi connectivity index (χ3n) is 5.27. The molecule has 1 fully saturated rings. The minimum absolute atomic E-state index is 0. The Balaban J connectivity index is 0.00000300. The van der Waals surface area contributed by atoms with Gasteiger partial charge in [-0.15, -0.1) is 24.0 Å². The van der Waals surface area contributed by atoms with E-state index in [1.165, 1.54) is 24.2 Å². The van der Waals surface area contributed by atoms with E-state index in [9.17, 15) is 0 Å². The number of nitrogens with zero attached hydrogens (tertiary/aromatic N) is 3. The van der Waals surface area contributed by atoms with Crippen molar-refractivity contribution in [2.24, 2.45) is 4.99 Å². The van der Waals surface area contributed by atoms with Gasteiger partial charge in [-0.05, 0) is 29.8 Å². The fraction of sp³-hybridized carbons (Fsp3) is 0.500. The van der Waals surface area contributed by atoms with E-state index in [0.29, 0.717) is 0 Å². The number of rotatable bonds is 8. The van der Waals surface area contributed by atoms with Crippen molar-refractivity contribution in [2.45, 2.75) is 26.4 Å². The van der Waals surface area contributed by atoms with Crippen molar-refractivity contribution in [2.75, 3.05) is 46.3 Å². The minimum atomic E-state index is 0. The second kappa shape index (κ2) is 12.9. The smallest absolute Gasteiger partial charge is 0.191 e. The average molecular weight is 511 g/mol. The average Bonchev–Trinajstić information content (AvgIpc) is 3.26. The molecule has 0 spiro atoms. The van der Waals surface area contributed by atoms with E-state index in [1.807, 2.05) is 12.1 Å². The van der Waals surface area contributed by atoms with Gasteiger partial charge in [0.15, 0.2) is 5.96 Å². The van der Waals surface area contributed by atoms with Gasteiger partial charge in [0.2, 0.25) is 0 Å². The van der Waals surface area contributed by atoms with Crippen LogP contribution in [-0.2, 0) is 19.5 Å². The van der Waals surface area contributed by atoms with E-state index < -0.39 is 0 Å². The van der Waals surface area contributed by atoms with Crippen LogP contribution in [0.5, 0.6) is 0 Å². The fourth-order valence-corrected chi connectivity index (χ4v) is 3.45. The molecular formula is C22H34IN5O. The van der Waals surface area contributed by atoms with Crippen LogP contribution in [0.3, 0.4) is 0 Å². The Morgan fingerprint density at radius 1 is 1.00 bits per heavy atom. The molecule has 0 unspecified atom stereocenters. The van der Waals surface area contributed by atoms with Gasteiger partial charge in [-0.1, -0.05) is 31.2 Å². The van der Waals surface area contributed by atoms with Gasteiger partial charge in [0.1, 0.15) is 5.76 Å². The van der Waals surface area contributed by atoms with Crippen LogP contribution in [0.1, 0.15) is 23.8 Å². The Bertz CT molecular complexity index is 709. The first-order chi connectivity index (χ1) is 13.8. The number of nitrogens with one attached hydrogen (secondary N) is 2. The van der Waals surface area contributed by atoms with Crippen LogP contribution in [0.15, 0.2) is 52.1 Å². The normalized spacial score (nSPS) is 15.7. The zero-order valence-electron chi connectivity index (χ0n) is 17.6. The number of guanidine groups is 1. The van der Waals surface area contributed by atoms with Crippen LogP contribution in [0.2, 0.25) is 0 Å². The molecule has 6 nitrogen and oxygen atoms in total. The van der Waals surface area contributed by atoms with Gasteiger partial charge in [0.05, 0.1) is 6.26 Å². The predicted molar refractivity (Wildman–Crippen MR) is 130 cm³/mol. The summed E-state index contributed by atoms with van der Waals surface area (Å²) in [5.41, 5.74) is 2.64. The molecule has 1 aromatic carbocycles. The van der Waals surface area contributed by atoms with Crippen LogP contribution in [-0.4, -0.2) is 62.1 Å². The lowest BCUT2D eigenvalue weighted by Crippen LogP contribution is -2.45. The largest absolute Gasteiger partial charge is 0.469 e. The fourth-order valence-electron chi connectivity index (χ4n) is 3.45. The first kappa shape index (κ1) is 23.7. The summed E-state index contributed by atoms with van der Waals surface area (Å²) in [5, 5.41) is 6.69. The van der Waals surface area contributed by atoms with Gasteiger partial charge in [0, 0.05) is 59.3 Å². The zero-order chi connectivity index (χ0) is 19.6. The molecule has 2 N–H and O–H groups in total. The number of likely N-dealkylation sites (N-methyl/N-ethyl adjacent to an activating group) is 1. The molecule has 0 bridgehead atoms. The van der Waals surface area contributed by atoms with Crippen molar-refractivity contribution in [3.05, 3.63) is 59.5 Å². The molecule has 1 aliphatic rings. The summed E-state index contributed by atoms with van der Waals surface area (Å²) in [5.74, 6) is 1.79. The molecule has 1 aliphatic heterocycles. The predicted octanol–water partition coefficient (Wildman–Crippen LogP) is 2.94. The Morgan fingerprint density at radius 3 is 2.31 bits per heavy atom. The molecule has 7 heteroatoms. The number of hydrogen-bond acceptors (Lipinski definition) is 4. The van der Waals surface area contributed by atoms with Crippen molar-refractivity contribution in [3.8, 4) is 0 Å². The molecule has 2 aromatic rings. The summed E-state index contributed by atoms with van der Waals surface area (Å²) in [4.78, 5) is 9.34. The van der Waals surface area contributed by atoms with E-state index in [4.69, 9.17) is 4.42 Å². The molecule has 0 aliphatic carbocycles. The second-order valence-corrected chi connectivity index (χ2v) is 7.21. The Labute approximate surface area is 191 Å². The quantitative estimate of drug-likeness (QED) is 0.325. The number of halogens is 1. The summed E-state index contributed by atoms with van der Waals surface area (Å²) < 4.78 is 5.35. The zero-order valence-corrected chi connectivity index (χ0v) is 19.9. The van der Waals surface area contributed by atoms with E-state index >= 15 is 0 Å². The SMILES string of the molecule is CCN1CCN(Cc2ccc(CNC(=NC)NCCc3ccco3)cc2)CC1.I. The summed E-state index contributed by atoms with van der Waals surface area (Å²) in [6, 6.07) is 12.8. The topological polar surface area (TPSA) is 56.0 Å². The Kier molecular flexibility index (Phi) is 10.5. The number of aliphatic imine (C=N–C) groups is 1. The van der Waals surface area contributed by atoms with E-state index in [2.05, 4.69) is 56.6 Å². The molecule has 29 heavy (non-hydrogen) atoms. The molecule has 2 heterocycles. The van der Waals surface area contributed by atoms with Gasteiger partial charge in [-0.25, -0.2) is 0 Å². The Morgan fingerprint density at radius 2 is 1.69 bits per heavy atom. The number of hydrogen-bond donors (Lipinski definition) is 2. The first-order valence-electron chi connectivity index (χ1n) is 10.3. The third-order valence-corrected chi connectivity index (χ3v) is 5.27. The number of benzene rings is 1. The molecule has 1 saturated heterocycles. The highest BCUT2D eigenvalue weighted by Crippen LogP contribution is 2.10. The molecule has 3 rings (SSSR count). The molecule has 1 aromatic heterocycles. The van der Waals surface area contributed by atoms with Gasteiger partial charge in [-0.3, -0.25) is 9.89 Å². The van der Waals surface area contributed by atoms with Gasteiger partial charge in [0.25, 0.3) is 0 Å². The van der Waals surface area contributed by atoms with Gasteiger partial charge >= 0.3 is 0 Å². The summed E-state index contributed by atoms with van der Waals surface area (Å²) in [7, 11) is 1.80. The lowest BCUT2D eigenvalue weighted by atomic mass is 10.1. The van der Waals surface area contributed by atoms with E-state index in [1.54, 1.807) is 13.3 Å². The molecule has 0 saturated carbocycles. The van der Waals surface area contributed by atoms with Crippen molar-refractivity contribution in [1.29, 1.82) is 0 Å². The molecular weight excluding hydrogens is 477 g/mol. The van der Waals surface area contributed by atoms with Crippen LogP contribution in [0.4, 0.5) is 0 Å². The second-order valence-electron chi connectivity index (χ2n) is 7.21. The van der Waals surface area contributed by atoms with Crippen molar-refractivity contribution < 1.29 is 4.42 Å². The van der Waals surface area contributed by atoms with Crippen molar-refractivity contribution in [1.82, 2.24) is 20.4 Å². The van der Waals surface area contributed by atoms with Crippen LogP contribution in [0, 0.1) is 0 Å². The molecule has 0 radical (unpaired) electrons.